The molecular weight excluding hydrogens is 216 g/mol. The van der Waals surface area contributed by atoms with Gasteiger partial charge in [-0.1, -0.05) is 12.1 Å². The van der Waals surface area contributed by atoms with Gasteiger partial charge in [-0.25, -0.2) is 0 Å². The van der Waals surface area contributed by atoms with Crippen LogP contribution in [0.25, 0.3) is 0 Å². The van der Waals surface area contributed by atoms with Crippen molar-refractivity contribution in [2.75, 3.05) is 14.2 Å². The molecule has 0 aliphatic rings. The molecule has 0 amide bonds. The number of methoxy groups -OCH3 is 2. The van der Waals surface area contributed by atoms with Crippen molar-refractivity contribution in [2.45, 2.75) is 25.8 Å². The third kappa shape index (κ3) is 4.16. The van der Waals surface area contributed by atoms with Gasteiger partial charge in [0.05, 0.1) is 17.7 Å². The van der Waals surface area contributed by atoms with Crippen LogP contribution in [0.15, 0.2) is 24.3 Å². The minimum absolute atomic E-state index is 0.0978. The number of nitriles is 1. The van der Waals surface area contributed by atoms with Crippen LogP contribution in [-0.4, -0.2) is 26.6 Å². The van der Waals surface area contributed by atoms with Gasteiger partial charge < -0.3 is 14.8 Å². The number of benzene rings is 1. The van der Waals surface area contributed by atoms with E-state index < -0.39 is 0 Å². The number of ether oxygens (including phenoxy) is 2. The molecular formula is C13H18N2O2. The molecule has 1 atom stereocenters. The molecule has 1 rings (SSSR count). The summed E-state index contributed by atoms with van der Waals surface area (Å²) >= 11 is 0. The summed E-state index contributed by atoms with van der Waals surface area (Å²) in [6.07, 6.45) is -0.256. The molecule has 0 bridgehead atoms. The van der Waals surface area contributed by atoms with Crippen LogP contribution in [0.3, 0.4) is 0 Å². The van der Waals surface area contributed by atoms with Crippen LogP contribution in [0.4, 0.5) is 0 Å². The Morgan fingerprint density at radius 1 is 1.24 bits per heavy atom. The van der Waals surface area contributed by atoms with Crippen molar-refractivity contribution < 1.29 is 9.47 Å². The summed E-state index contributed by atoms with van der Waals surface area (Å²) in [5.41, 5.74) is 1.80. The van der Waals surface area contributed by atoms with Crippen molar-refractivity contribution in [2.24, 2.45) is 0 Å². The molecule has 4 heteroatoms. The van der Waals surface area contributed by atoms with Gasteiger partial charge in [0, 0.05) is 20.8 Å². The highest BCUT2D eigenvalue weighted by Gasteiger charge is 2.14. The second kappa shape index (κ2) is 7.02. The van der Waals surface area contributed by atoms with Gasteiger partial charge in [0.2, 0.25) is 0 Å². The fourth-order valence-corrected chi connectivity index (χ4v) is 1.58. The van der Waals surface area contributed by atoms with Gasteiger partial charge >= 0.3 is 0 Å². The summed E-state index contributed by atoms with van der Waals surface area (Å²) in [7, 11) is 3.24. The van der Waals surface area contributed by atoms with Crippen LogP contribution in [0, 0.1) is 11.3 Å². The summed E-state index contributed by atoms with van der Waals surface area (Å²) in [6.45, 7) is 2.72. The predicted octanol–water partition coefficient (Wildman–Crippen LogP) is 1.66. The smallest absolute Gasteiger partial charge is 0.171 e. The molecule has 1 aromatic carbocycles. The topological polar surface area (TPSA) is 54.3 Å². The zero-order valence-electron chi connectivity index (χ0n) is 10.4. The number of nitrogens with one attached hydrogen (secondary N) is 1. The standard InChI is InChI=1S/C13H18N2O2/c1-10(13(16-2)17-3)15-9-12-6-4-11(8-14)5-7-12/h4-7,10,13,15H,9H2,1-3H3. The van der Waals surface area contributed by atoms with Crippen LogP contribution >= 0.6 is 0 Å². The van der Waals surface area contributed by atoms with Gasteiger partial charge in [-0.05, 0) is 24.6 Å². The zero-order valence-corrected chi connectivity index (χ0v) is 10.4. The van der Waals surface area contributed by atoms with E-state index in [1.165, 1.54) is 0 Å². The largest absolute Gasteiger partial charge is 0.354 e. The molecule has 4 nitrogen and oxygen atoms in total. The maximum absolute atomic E-state index is 8.68. The molecule has 0 fully saturated rings. The first kappa shape index (κ1) is 13.7. The summed E-state index contributed by atoms with van der Waals surface area (Å²) in [5.74, 6) is 0. The van der Waals surface area contributed by atoms with Gasteiger partial charge in [-0.3, -0.25) is 0 Å². The number of hydrogen-bond donors (Lipinski definition) is 1. The van der Waals surface area contributed by atoms with E-state index in [1.54, 1.807) is 14.2 Å². The lowest BCUT2D eigenvalue weighted by Crippen LogP contribution is -2.39. The maximum atomic E-state index is 8.68. The Bertz CT molecular complexity index is 366. The first-order valence-corrected chi connectivity index (χ1v) is 5.49. The molecule has 0 aliphatic heterocycles. The number of rotatable bonds is 6. The highest BCUT2D eigenvalue weighted by atomic mass is 16.7. The molecule has 0 saturated carbocycles. The first-order chi connectivity index (χ1) is 8.21. The van der Waals surface area contributed by atoms with E-state index in [2.05, 4.69) is 11.4 Å². The maximum Gasteiger partial charge on any atom is 0.171 e. The fourth-order valence-electron chi connectivity index (χ4n) is 1.58. The molecule has 0 aromatic heterocycles. The Morgan fingerprint density at radius 2 is 1.82 bits per heavy atom. The third-order valence-electron chi connectivity index (χ3n) is 2.58. The van der Waals surface area contributed by atoms with Crippen LogP contribution < -0.4 is 5.32 Å². The molecule has 0 spiro atoms. The third-order valence-corrected chi connectivity index (χ3v) is 2.58. The van der Waals surface area contributed by atoms with E-state index in [9.17, 15) is 0 Å². The first-order valence-electron chi connectivity index (χ1n) is 5.49. The molecule has 92 valence electrons. The van der Waals surface area contributed by atoms with Crippen LogP contribution in [0.1, 0.15) is 18.1 Å². The van der Waals surface area contributed by atoms with Crippen LogP contribution in [-0.2, 0) is 16.0 Å². The van der Waals surface area contributed by atoms with Crippen molar-refractivity contribution in [1.82, 2.24) is 5.32 Å². The Hall–Kier alpha value is -1.41. The number of hydrogen-bond acceptors (Lipinski definition) is 4. The molecule has 0 aliphatic carbocycles. The summed E-state index contributed by atoms with van der Waals surface area (Å²) < 4.78 is 10.3. The van der Waals surface area contributed by atoms with Crippen molar-refractivity contribution in [3.63, 3.8) is 0 Å². The van der Waals surface area contributed by atoms with Crippen LogP contribution in [0.5, 0.6) is 0 Å². The molecule has 0 heterocycles. The summed E-state index contributed by atoms with van der Waals surface area (Å²) in [6, 6.07) is 9.69. The molecule has 0 radical (unpaired) electrons. The molecule has 1 aromatic rings. The van der Waals surface area contributed by atoms with E-state index >= 15 is 0 Å². The van der Waals surface area contributed by atoms with Crippen molar-refractivity contribution in [3.05, 3.63) is 35.4 Å². The van der Waals surface area contributed by atoms with E-state index in [0.29, 0.717) is 5.56 Å². The van der Waals surface area contributed by atoms with E-state index in [-0.39, 0.29) is 12.3 Å². The Labute approximate surface area is 102 Å². The summed E-state index contributed by atoms with van der Waals surface area (Å²) in [5, 5.41) is 12.0. The lowest BCUT2D eigenvalue weighted by molar-refractivity contribution is -0.119. The van der Waals surface area contributed by atoms with Crippen molar-refractivity contribution in [3.8, 4) is 6.07 Å². The highest BCUT2D eigenvalue weighted by molar-refractivity contribution is 5.31. The Morgan fingerprint density at radius 3 is 2.29 bits per heavy atom. The fraction of sp³-hybridized carbons (Fsp3) is 0.462. The average molecular weight is 234 g/mol. The zero-order chi connectivity index (χ0) is 12.7. The van der Waals surface area contributed by atoms with E-state index in [4.69, 9.17) is 14.7 Å². The average Bonchev–Trinajstić information content (AvgIpc) is 2.38. The van der Waals surface area contributed by atoms with Gasteiger partial charge in [-0.15, -0.1) is 0 Å². The van der Waals surface area contributed by atoms with E-state index in [0.717, 1.165) is 12.1 Å². The second-order valence-electron chi connectivity index (χ2n) is 3.82. The van der Waals surface area contributed by atoms with Crippen molar-refractivity contribution in [1.29, 1.82) is 5.26 Å². The molecule has 1 unspecified atom stereocenters. The molecule has 17 heavy (non-hydrogen) atoms. The van der Waals surface area contributed by atoms with E-state index in [1.807, 2.05) is 31.2 Å². The number of nitrogens with zero attached hydrogens (tertiary/aromatic N) is 1. The van der Waals surface area contributed by atoms with Gasteiger partial charge in [0.1, 0.15) is 0 Å². The quantitative estimate of drug-likeness (QED) is 0.760. The van der Waals surface area contributed by atoms with Gasteiger partial charge in [0.15, 0.2) is 6.29 Å². The Kier molecular flexibility index (Phi) is 5.64. The normalized spacial score (nSPS) is 12.4. The monoisotopic (exact) mass is 234 g/mol. The lowest BCUT2D eigenvalue weighted by atomic mass is 10.1. The van der Waals surface area contributed by atoms with Crippen LogP contribution in [0.2, 0.25) is 0 Å². The predicted molar refractivity (Wildman–Crippen MR) is 65.3 cm³/mol. The highest BCUT2D eigenvalue weighted by Crippen LogP contribution is 2.05. The van der Waals surface area contributed by atoms with Gasteiger partial charge in [0.25, 0.3) is 0 Å². The van der Waals surface area contributed by atoms with Gasteiger partial charge in [-0.2, -0.15) is 5.26 Å². The van der Waals surface area contributed by atoms with Crippen molar-refractivity contribution >= 4 is 0 Å². The lowest BCUT2D eigenvalue weighted by Gasteiger charge is -2.22. The summed E-state index contributed by atoms with van der Waals surface area (Å²) in [4.78, 5) is 0. The molecule has 1 N–H and O–H groups in total. The second-order valence-corrected chi connectivity index (χ2v) is 3.82. The Balaban J connectivity index is 2.47. The minimum atomic E-state index is -0.256. The molecule has 0 saturated heterocycles. The SMILES string of the molecule is COC(OC)C(C)NCc1ccc(C#N)cc1. The minimum Gasteiger partial charge on any atom is -0.354 e.